The van der Waals surface area contributed by atoms with Crippen LogP contribution in [0.2, 0.25) is 0 Å². The molecule has 1 amide bonds. The summed E-state index contributed by atoms with van der Waals surface area (Å²) in [6.45, 7) is 9.02. The van der Waals surface area contributed by atoms with Gasteiger partial charge in [0.2, 0.25) is 0 Å². The highest BCUT2D eigenvalue weighted by atomic mass is 79.9. The van der Waals surface area contributed by atoms with Crippen molar-refractivity contribution in [1.82, 2.24) is 19.9 Å². The van der Waals surface area contributed by atoms with Crippen molar-refractivity contribution in [2.45, 2.75) is 52.2 Å². The van der Waals surface area contributed by atoms with Crippen molar-refractivity contribution in [2.75, 3.05) is 13.1 Å². The Morgan fingerprint density at radius 2 is 1.95 bits per heavy atom. The molecule has 6 nitrogen and oxygen atoms in total. The molecule has 0 N–H and O–H groups in total. The number of ether oxygens (including phenoxy) is 1. The number of nitrogens with zero attached hydrogens (tertiary/aromatic N) is 4. The van der Waals surface area contributed by atoms with Gasteiger partial charge in [-0.2, -0.15) is 0 Å². The van der Waals surface area contributed by atoms with Crippen molar-refractivity contribution in [1.29, 1.82) is 0 Å². The maximum Gasteiger partial charge on any atom is 0.410 e. The summed E-state index contributed by atoms with van der Waals surface area (Å²) >= 11 is 3.37. The number of aromatic nitrogens is 3. The Hall–Kier alpha value is -1.11. The number of halogens is 1. The molecule has 1 aromatic rings. The number of rotatable bonds is 1. The lowest BCUT2D eigenvalue weighted by atomic mass is 10.1. The number of amides is 1. The first-order valence-corrected chi connectivity index (χ1v) is 7.62. The maximum atomic E-state index is 12.0. The van der Waals surface area contributed by atoms with Crippen LogP contribution in [-0.2, 0) is 4.74 Å². The third-order valence-corrected chi connectivity index (χ3v) is 4.07. The second-order valence-electron chi connectivity index (χ2n) is 6.11. The molecule has 0 radical (unpaired) electrons. The van der Waals surface area contributed by atoms with Crippen LogP contribution in [0.25, 0.3) is 0 Å². The molecule has 1 aromatic heterocycles. The van der Waals surface area contributed by atoms with Gasteiger partial charge in [0.15, 0.2) is 4.60 Å². The van der Waals surface area contributed by atoms with Gasteiger partial charge in [0, 0.05) is 13.1 Å². The van der Waals surface area contributed by atoms with E-state index in [2.05, 4.69) is 26.2 Å². The average molecular weight is 345 g/mol. The Kier molecular flexibility index (Phi) is 4.36. The average Bonchev–Trinajstić information content (AvgIpc) is 2.68. The zero-order valence-corrected chi connectivity index (χ0v) is 14.0. The van der Waals surface area contributed by atoms with E-state index in [-0.39, 0.29) is 6.09 Å². The van der Waals surface area contributed by atoms with E-state index in [0.717, 1.165) is 23.1 Å². The molecule has 7 heteroatoms. The van der Waals surface area contributed by atoms with E-state index in [9.17, 15) is 4.79 Å². The van der Waals surface area contributed by atoms with Crippen molar-refractivity contribution in [3.8, 4) is 0 Å². The van der Waals surface area contributed by atoms with E-state index >= 15 is 0 Å². The lowest BCUT2D eigenvalue weighted by molar-refractivity contribution is 0.0184. The van der Waals surface area contributed by atoms with Crippen LogP contribution in [0.4, 0.5) is 4.79 Å². The molecule has 0 aromatic carbocycles. The molecule has 0 bridgehead atoms. The zero-order chi connectivity index (χ0) is 14.9. The molecule has 1 aliphatic rings. The summed E-state index contributed by atoms with van der Waals surface area (Å²) in [5.74, 6) is 0. The van der Waals surface area contributed by atoms with Crippen molar-refractivity contribution < 1.29 is 9.53 Å². The molecule has 1 saturated heterocycles. The highest BCUT2D eigenvalue weighted by Gasteiger charge is 2.28. The first-order valence-electron chi connectivity index (χ1n) is 6.83. The molecular weight excluding hydrogens is 324 g/mol. The third-order valence-electron chi connectivity index (χ3n) is 3.33. The Labute approximate surface area is 127 Å². The van der Waals surface area contributed by atoms with Crippen LogP contribution in [0.5, 0.6) is 0 Å². The van der Waals surface area contributed by atoms with Gasteiger partial charge in [-0.05, 0) is 56.5 Å². The van der Waals surface area contributed by atoms with Crippen LogP contribution in [0, 0.1) is 6.92 Å². The molecule has 0 saturated carbocycles. The molecule has 0 atom stereocenters. The van der Waals surface area contributed by atoms with E-state index in [1.807, 2.05) is 32.4 Å². The minimum absolute atomic E-state index is 0.229. The van der Waals surface area contributed by atoms with Crippen molar-refractivity contribution in [3.05, 3.63) is 10.3 Å². The topological polar surface area (TPSA) is 60.2 Å². The number of carbonyl (C=O) groups excluding carboxylic acids is 1. The Balaban J connectivity index is 1.93. The predicted molar refractivity (Wildman–Crippen MR) is 78.5 cm³/mol. The van der Waals surface area contributed by atoms with Gasteiger partial charge in [-0.15, -0.1) is 5.10 Å². The summed E-state index contributed by atoms with van der Waals surface area (Å²) in [5.41, 5.74) is 0.585. The number of likely N-dealkylation sites (tertiary alicyclic amines) is 1. The number of hydrogen-bond acceptors (Lipinski definition) is 4. The van der Waals surface area contributed by atoms with Gasteiger partial charge in [0.05, 0.1) is 11.7 Å². The van der Waals surface area contributed by atoms with Crippen molar-refractivity contribution in [2.24, 2.45) is 0 Å². The summed E-state index contributed by atoms with van der Waals surface area (Å²) in [6.07, 6.45) is 1.51. The molecule has 2 heterocycles. The van der Waals surface area contributed by atoms with Gasteiger partial charge in [-0.3, -0.25) is 0 Å². The lowest BCUT2D eigenvalue weighted by Crippen LogP contribution is -2.42. The standard InChI is InChI=1S/C13H21BrN4O2/c1-9-11(14)15-16-18(9)10-5-7-17(8-6-10)12(19)20-13(2,3)4/h10H,5-8H2,1-4H3. The lowest BCUT2D eigenvalue weighted by Gasteiger charge is -2.33. The fourth-order valence-corrected chi connectivity index (χ4v) is 2.54. The number of hydrogen-bond donors (Lipinski definition) is 0. The molecule has 0 unspecified atom stereocenters. The SMILES string of the molecule is Cc1c(Br)nnn1C1CCN(C(=O)OC(C)(C)C)CC1. The molecular formula is C13H21BrN4O2. The van der Waals surface area contributed by atoms with Crippen LogP contribution in [0.15, 0.2) is 4.60 Å². The maximum absolute atomic E-state index is 12.0. The summed E-state index contributed by atoms with van der Waals surface area (Å²) < 4.78 is 8.12. The highest BCUT2D eigenvalue weighted by Crippen LogP contribution is 2.26. The van der Waals surface area contributed by atoms with Crippen molar-refractivity contribution in [3.63, 3.8) is 0 Å². The second-order valence-corrected chi connectivity index (χ2v) is 6.86. The molecule has 1 fully saturated rings. The minimum atomic E-state index is -0.443. The van der Waals surface area contributed by atoms with Crippen LogP contribution in [0.3, 0.4) is 0 Å². The van der Waals surface area contributed by atoms with Crippen LogP contribution < -0.4 is 0 Å². The van der Waals surface area contributed by atoms with Crippen LogP contribution >= 0.6 is 15.9 Å². The van der Waals surface area contributed by atoms with Gasteiger partial charge in [0.1, 0.15) is 5.60 Å². The molecule has 112 valence electrons. The Morgan fingerprint density at radius 1 is 1.35 bits per heavy atom. The number of piperidine rings is 1. The summed E-state index contributed by atoms with van der Waals surface area (Å²) in [7, 11) is 0. The number of carbonyl (C=O) groups is 1. The fourth-order valence-electron chi connectivity index (χ4n) is 2.29. The third kappa shape index (κ3) is 3.50. The molecule has 0 aliphatic carbocycles. The van der Waals surface area contributed by atoms with E-state index in [4.69, 9.17) is 4.74 Å². The molecule has 1 aliphatic heterocycles. The van der Waals surface area contributed by atoms with E-state index < -0.39 is 5.60 Å². The smallest absolute Gasteiger partial charge is 0.410 e. The van der Waals surface area contributed by atoms with Crippen molar-refractivity contribution >= 4 is 22.0 Å². The van der Waals surface area contributed by atoms with Gasteiger partial charge >= 0.3 is 6.09 Å². The zero-order valence-electron chi connectivity index (χ0n) is 12.4. The summed E-state index contributed by atoms with van der Waals surface area (Å²) in [4.78, 5) is 13.8. The Morgan fingerprint density at radius 3 is 2.40 bits per heavy atom. The van der Waals surface area contributed by atoms with E-state index in [1.165, 1.54) is 0 Å². The van der Waals surface area contributed by atoms with Gasteiger partial charge in [-0.25, -0.2) is 9.48 Å². The van der Waals surface area contributed by atoms with Gasteiger partial charge in [-0.1, -0.05) is 5.21 Å². The fraction of sp³-hybridized carbons (Fsp3) is 0.769. The van der Waals surface area contributed by atoms with E-state index in [1.54, 1.807) is 4.90 Å². The molecule has 2 rings (SSSR count). The first-order chi connectivity index (χ1) is 9.28. The molecule has 20 heavy (non-hydrogen) atoms. The minimum Gasteiger partial charge on any atom is -0.444 e. The van der Waals surface area contributed by atoms with Crippen LogP contribution in [-0.4, -0.2) is 44.7 Å². The predicted octanol–water partition coefficient (Wildman–Crippen LogP) is 2.92. The first kappa shape index (κ1) is 15.3. The Bertz CT molecular complexity index is 487. The van der Waals surface area contributed by atoms with Crippen LogP contribution in [0.1, 0.15) is 45.3 Å². The molecule has 0 spiro atoms. The van der Waals surface area contributed by atoms with Gasteiger partial charge < -0.3 is 9.64 Å². The van der Waals surface area contributed by atoms with E-state index in [0.29, 0.717) is 19.1 Å². The quantitative estimate of drug-likeness (QED) is 0.785. The normalized spacial score (nSPS) is 17.4. The summed E-state index contributed by atoms with van der Waals surface area (Å²) in [6, 6.07) is 0.299. The largest absolute Gasteiger partial charge is 0.444 e. The summed E-state index contributed by atoms with van der Waals surface area (Å²) in [5, 5.41) is 8.17. The monoisotopic (exact) mass is 344 g/mol. The van der Waals surface area contributed by atoms with Gasteiger partial charge in [0.25, 0.3) is 0 Å². The second kappa shape index (κ2) is 5.71. The highest BCUT2D eigenvalue weighted by molar-refractivity contribution is 9.10.